The first-order valence-electron chi connectivity index (χ1n) is 9.38. The van der Waals surface area contributed by atoms with Crippen LogP contribution >= 0.6 is 0 Å². The van der Waals surface area contributed by atoms with E-state index in [1.807, 2.05) is 41.5 Å². The number of carbonyl (C=O) groups excluding carboxylic acids is 2. The molecule has 0 aromatic rings. The Hall–Kier alpha value is -1.41. The number of carbonyl (C=O) groups is 2. The standard InChI is InChI=1S/C20H33F5O4/c1-10-16(5,6)11-18(9,15(2,3)4)14(27)29-17(7,8)13(26)28-12-19(21,22)20(23,24)25/h10-12H2,1-9H3. The quantitative estimate of drug-likeness (QED) is 0.353. The molecule has 4 nitrogen and oxygen atoms in total. The van der Waals surface area contributed by atoms with Crippen molar-refractivity contribution in [1.82, 2.24) is 0 Å². The molecule has 0 aromatic heterocycles. The lowest BCUT2D eigenvalue weighted by molar-refractivity contribution is -0.295. The molecule has 0 fully saturated rings. The smallest absolute Gasteiger partial charge is 0.456 e. The van der Waals surface area contributed by atoms with Crippen LogP contribution in [0.15, 0.2) is 0 Å². The van der Waals surface area contributed by atoms with Gasteiger partial charge in [-0.1, -0.05) is 48.0 Å². The zero-order valence-corrected chi connectivity index (χ0v) is 18.6. The largest absolute Gasteiger partial charge is 0.456 e. The minimum atomic E-state index is -5.86. The zero-order chi connectivity index (χ0) is 23.7. The van der Waals surface area contributed by atoms with Gasteiger partial charge in [0, 0.05) is 0 Å². The van der Waals surface area contributed by atoms with Gasteiger partial charge in [-0.3, -0.25) is 4.79 Å². The molecule has 0 aliphatic rings. The lowest BCUT2D eigenvalue weighted by Crippen LogP contribution is -2.50. The van der Waals surface area contributed by atoms with Crippen molar-refractivity contribution in [3.8, 4) is 0 Å². The minimum Gasteiger partial charge on any atom is -0.456 e. The van der Waals surface area contributed by atoms with Crippen molar-refractivity contribution in [2.45, 2.75) is 92.9 Å². The van der Waals surface area contributed by atoms with Gasteiger partial charge in [-0.15, -0.1) is 0 Å². The van der Waals surface area contributed by atoms with E-state index in [-0.39, 0.29) is 5.41 Å². The number of hydrogen-bond acceptors (Lipinski definition) is 4. The summed E-state index contributed by atoms with van der Waals surface area (Å²) in [6.45, 7) is 13.1. The third-order valence-electron chi connectivity index (χ3n) is 5.53. The molecule has 9 heteroatoms. The van der Waals surface area contributed by atoms with E-state index in [1.54, 1.807) is 6.92 Å². The lowest BCUT2D eigenvalue weighted by Gasteiger charge is -2.45. The van der Waals surface area contributed by atoms with Crippen LogP contribution in [-0.2, 0) is 19.1 Å². The van der Waals surface area contributed by atoms with Crippen LogP contribution < -0.4 is 0 Å². The SMILES string of the molecule is CCC(C)(C)CC(C)(C(=O)OC(C)(C)C(=O)OCC(F)(F)C(F)(F)F)C(C)(C)C. The van der Waals surface area contributed by atoms with Gasteiger partial charge in [-0.2, -0.15) is 22.0 Å². The second-order valence-corrected chi connectivity index (χ2v) is 9.95. The molecule has 0 aliphatic heterocycles. The summed E-state index contributed by atoms with van der Waals surface area (Å²) in [4.78, 5) is 25.1. The van der Waals surface area contributed by atoms with Gasteiger partial charge in [0.05, 0.1) is 5.41 Å². The topological polar surface area (TPSA) is 52.6 Å². The van der Waals surface area contributed by atoms with Crippen LogP contribution in [0.5, 0.6) is 0 Å². The van der Waals surface area contributed by atoms with Crippen molar-refractivity contribution in [3.05, 3.63) is 0 Å². The molecule has 0 saturated heterocycles. The fraction of sp³-hybridized carbons (Fsp3) is 0.900. The van der Waals surface area contributed by atoms with E-state index in [0.717, 1.165) is 20.3 Å². The summed E-state index contributed by atoms with van der Waals surface area (Å²) < 4.78 is 72.2. The van der Waals surface area contributed by atoms with E-state index in [2.05, 4.69) is 4.74 Å². The van der Waals surface area contributed by atoms with E-state index in [9.17, 15) is 31.5 Å². The summed E-state index contributed by atoms with van der Waals surface area (Å²) in [7, 11) is 0. The normalized spacial score (nSPS) is 16.2. The van der Waals surface area contributed by atoms with Crippen LogP contribution in [0.4, 0.5) is 22.0 Å². The Morgan fingerprint density at radius 3 is 1.59 bits per heavy atom. The molecule has 0 rings (SSSR count). The molecule has 0 aromatic carbocycles. The summed E-state index contributed by atoms with van der Waals surface area (Å²) in [6.07, 6.45) is -4.68. The second kappa shape index (κ2) is 8.38. The maximum Gasteiger partial charge on any atom is 0.456 e. The molecule has 0 saturated carbocycles. The van der Waals surface area contributed by atoms with E-state index in [1.165, 1.54) is 0 Å². The maximum absolute atomic E-state index is 13.0. The summed E-state index contributed by atoms with van der Waals surface area (Å²) in [5.41, 5.74) is -3.91. The Morgan fingerprint density at radius 1 is 0.793 bits per heavy atom. The van der Waals surface area contributed by atoms with Gasteiger partial charge in [0.1, 0.15) is 0 Å². The zero-order valence-electron chi connectivity index (χ0n) is 18.6. The van der Waals surface area contributed by atoms with Gasteiger partial charge in [-0.05, 0) is 38.0 Å². The molecule has 0 bridgehead atoms. The van der Waals surface area contributed by atoms with Crippen LogP contribution in [0, 0.1) is 16.2 Å². The Balaban J connectivity index is 5.51. The molecule has 172 valence electrons. The van der Waals surface area contributed by atoms with Crippen molar-refractivity contribution in [1.29, 1.82) is 0 Å². The highest BCUT2D eigenvalue weighted by molar-refractivity contribution is 5.85. The van der Waals surface area contributed by atoms with Crippen molar-refractivity contribution in [2.75, 3.05) is 6.61 Å². The van der Waals surface area contributed by atoms with Gasteiger partial charge in [-0.25, -0.2) is 4.79 Å². The number of esters is 2. The monoisotopic (exact) mass is 432 g/mol. The average Bonchev–Trinajstić information content (AvgIpc) is 2.49. The van der Waals surface area contributed by atoms with E-state index in [0.29, 0.717) is 6.42 Å². The maximum atomic E-state index is 13.0. The van der Waals surface area contributed by atoms with Crippen molar-refractivity contribution in [3.63, 3.8) is 0 Å². The molecule has 0 radical (unpaired) electrons. The summed E-state index contributed by atoms with van der Waals surface area (Å²) in [5.74, 6) is -7.44. The van der Waals surface area contributed by atoms with E-state index in [4.69, 9.17) is 4.74 Å². The molecule has 0 amide bonds. The highest BCUT2D eigenvalue weighted by Gasteiger charge is 2.59. The first-order chi connectivity index (χ1) is 12.5. The second-order valence-electron chi connectivity index (χ2n) is 9.95. The van der Waals surface area contributed by atoms with Gasteiger partial charge in [0.15, 0.2) is 6.61 Å². The van der Waals surface area contributed by atoms with Gasteiger partial charge >= 0.3 is 24.0 Å². The number of halogens is 5. The van der Waals surface area contributed by atoms with Gasteiger partial charge < -0.3 is 9.47 Å². The third kappa shape index (κ3) is 6.81. The molecule has 0 aliphatic carbocycles. The van der Waals surface area contributed by atoms with Crippen LogP contribution in [0.3, 0.4) is 0 Å². The molecule has 29 heavy (non-hydrogen) atoms. The summed E-state index contributed by atoms with van der Waals surface area (Å²) in [6, 6.07) is 0. The van der Waals surface area contributed by atoms with Crippen molar-refractivity contribution < 1.29 is 41.0 Å². The first-order valence-corrected chi connectivity index (χ1v) is 9.38. The first kappa shape index (κ1) is 27.6. The number of ether oxygens (including phenoxy) is 2. The number of hydrogen-bond donors (Lipinski definition) is 0. The molecule has 1 atom stereocenters. The van der Waals surface area contributed by atoms with Gasteiger partial charge in [0.2, 0.25) is 5.60 Å². The van der Waals surface area contributed by atoms with Crippen LogP contribution in [-0.4, -0.2) is 36.2 Å². The molecule has 0 heterocycles. The van der Waals surface area contributed by atoms with Crippen LogP contribution in [0.2, 0.25) is 0 Å². The third-order valence-corrected chi connectivity index (χ3v) is 5.53. The van der Waals surface area contributed by atoms with E-state index < -0.39 is 47.1 Å². The van der Waals surface area contributed by atoms with Crippen LogP contribution in [0.25, 0.3) is 0 Å². The molecular weight excluding hydrogens is 399 g/mol. The van der Waals surface area contributed by atoms with Crippen molar-refractivity contribution in [2.24, 2.45) is 16.2 Å². The van der Waals surface area contributed by atoms with Crippen molar-refractivity contribution >= 4 is 11.9 Å². The highest BCUT2D eigenvalue weighted by Crippen LogP contribution is 2.49. The summed E-state index contributed by atoms with van der Waals surface area (Å²) in [5, 5.41) is 0. The van der Waals surface area contributed by atoms with E-state index >= 15 is 0 Å². The fourth-order valence-electron chi connectivity index (χ4n) is 2.52. The number of alkyl halides is 5. The summed E-state index contributed by atoms with van der Waals surface area (Å²) >= 11 is 0. The molecule has 1 unspecified atom stereocenters. The fourth-order valence-corrected chi connectivity index (χ4v) is 2.52. The predicted octanol–water partition coefficient (Wildman–Crippen LogP) is 5.93. The average molecular weight is 432 g/mol. The van der Waals surface area contributed by atoms with Crippen LogP contribution in [0.1, 0.15) is 75.2 Å². The lowest BCUT2D eigenvalue weighted by atomic mass is 9.60. The Labute approximate surface area is 169 Å². The van der Waals surface area contributed by atoms with Gasteiger partial charge in [0.25, 0.3) is 0 Å². The highest BCUT2D eigenvalue weighted by atomic mass is 19.4. The molecule has 0 N–H and O–H groups in total. The predicted molar refractivity (Wildman–Crippen MR) is 98.4 cm³/mol. The Bertz CT molecular complexity index is 603. The molecule has 0 spiro atoms. The Kier molecular flexibility index (Phi) is 7.97. The number of rotatable bonds is 8. The molecular formula is C20H33F5O4. The Morgan fingerprint density at radius 2 is 1.24 bits per heavy atom. The minimum absolute atomic E-state index is 0.236.